The molecular formula is C23H25FN2O. The maximum absolute atomic E-state index is 13.1. The number of Topliss-reactive ketones (excluding diaryl/α,β-unsaturated/α-hetero) is 1. The number of nitrogens with zero attached hydrogens (tertiary/aromatic N) is 2. The van der Waals surface area contributed by atoms with Crippen molar-refractivity contribution in [1.29, 1.82) is 0 Å². The minimum atomic E-state index is -0.239. The molecule has 3 nitrogen and oxygen atoms in total. The van der Waals surface area contributed by atoms with Crippen molar-refractivity contribution in [3.8, 4) is 0 Å². The van der Waals surface area contributed by atoms with Crippen LogP contribution in [-0.2, 0) is 13.1 Å². The predicted molar refractivity (Wildman–Crippen MR) is 107 cm³/mol. The second-order valence-corrected chi connectivity index (χ2v) is 7.08. The van der Waals surface area contributed by atoms with E-state index in [1.54, 1.807) is 12.1 Å². The predicted octanol–water partition coefficient (Wildman–Crippen LogP) is 4.61. The van der Waals surface area contributed by atoms with Gasteiger partial charge < -0.3 is 4.57 Å². The van der Waals surface area contributed by atoms with Gasteiger partial charge in [-0.3, -0.25) is 9.69 Å². The largest absolute Gasteiger partial charge is 0.344 e. The van der Waals surface area contributed by atoms with Gasteiger partial charge in [-0.15, -0.1) is 0 Å². The fourth-order valence-electron chi connectivity index (χ4n) is 3.38. The van der Waals surface area contributed by atoms with E-state index < -0.39 is 0 Å². The number of carbonyl (C=O) groups is 1. The summed E-state index contributed by atoms with van der Waals surface area (Å²) in [5.74, 6) is -0.121. The van der Waals surface area contributed by atoms with Gasteiger partial charge >= 0.3 is 0 Å². The van der Waals surface area contributed by atoms with E-state index in [1.165, 1.54) is 17.7 Å². The number of hydrogen-bond donors (Lipinski definition) is 0. The number of benzene rings is 2. The first-order valence-corrected chi connectivity index (χ1v) is 9.11. The summed E-state index contributed by atoms with van der Waals surface area (Å²) < 4.78 is 15.2. The van der Waals surface area contributed by atoms with Gasteiger partial charge in [-0.05, 0) is 50.2 Å². The number of carbonyl (C=O) groups excluding carboxylic acids is 1. The summed E-state index contributed by atoms with van der Waals surface area (Å²) in [7, 11) is 1.96. The highest BCUT2D eigenvalue weighted by Gasteiger charge is 2.17. The topological polar surface area (TPSA) is 25.2 Å². The molecule has 0 atom stereocenters. The molecule has 4 heteroatoms. The molecule has 0 aliphatic carbocycles. The Hall–Kier alpha value is -2.72. The Morgan fingerprint density at radius 3 is 2.33 bits per heavy atom. The summed E-state index contributed by atoms with van der Waals surface area (Å²) >= 11 is 0. The number of likely N-dealkylation sites (N-methyl/N-ethyl adjacent to an activating group) is 1. The van der Waals surface area contributed by atoms with Crippen molar-refractivity contribution < 1.29 is 9.18 Å². The first kappa shape index (κ1) is 19.1. The minimum absolute atomic E-state index is 0.117. The average Bonchev–Trinajstić information content (AvgIpc) is 2.92. The molecule has 0 aliphatic heterocycles. The fourth-order valence-corrected chi connectivity index (χ4v) is 3.38. The number of halogens is 1. The first-order chi connectivity index (χ1) is 12.9. The second kappa shape index (κ2) is 8.31. The Morgan fingerprint density at radius 2 is 1.67 bits per heavy atom. The highest BCUT2D eigenvalue weighted by Crippen LogP contribution is 2.18. The molecule has 0 bridgehead atoms. The maximum atomic E-state index is 13.1. The summed E-state index contributed by atoms with van der Waals surface area (Å²) in [6.07, 6.45) is 0. The van der Waals surface area contributed by atoms with Crippen LogP contribution in [0.5, 0.6) is 0 Å². The Labute approximate surface area is 160 Å². The molecule has 0 radical (unpaired) electrons. The van der Waals surface area contributed by atoms with E-state index in [1.807, 2.05) is 50.1 Å². The van der Waals surface area contributed by atoms with E-state index in [2.05, 4.69) is 16.7 Å². The molecule has 0 saturated heterocycles. The minimum Gasteiger partial charge on any atom is -0.344 e. The Bertz CT molecular complexity index is 914. The number of hydrogen-bond acceptors (Lipinski definition) is 2. The van der Waals surface area contributed by atoms with Crippen molar-refractivity contribution in [2.24, 2.45) is 0 Å². The van der Waals surface area contributed by atoms with Crippen LogP contribution in [-0.4, -0.2) is 28.8 Å². The standard InChI is InChI=1S/C23H25FN2O/c1-17-13-22(18(2)26(17)15-20-9-11-21(24)12-10-20)23(27)16-25(3)14-19-7-5-4-6-8-19/h4-13H,14-16H2,1-3H3. The van der Waals surface area contributed by atoms with Crippen LogP contribution >= 0.6 is 0 Å². The van der Waals surface area contributed by atoms with Gasteiger partial charge in [0.25, 0.3) is 0 Å². The number of aromatic nitrogens is 1. The zero-order valence-corrected chi connectivity index (χ0v) is 16.1. The lowest BCUT2D eigenvalue weighted by molar-refractivity contribution is 0.0942. The zero-order chi connectivity index (χ0) is 19.4. The van der Waals surface area contributed by atoms with Crippen LogP contribution in [0.15, 0.2) is 60.7 Å². The molecule has 1 aromatic heterocycles. The highest BCUT2D eigenvalue weighted by molar-refractivity contribution is 5.99. The normalized spacial score (nSPS) is 11.1. The number of aryl methyl sites for hydroxylation is 1. The summed E-state index contributed by atoms with van der Waals surface area (Å²) in [6, 6.07) is 18.6. The molecular weight excluding hydrogens is 339 g/mol. The molecule has 0 spiro atoms. The monoisotopic (exact) mass is 364 g/mol. The lowest BCUT2D eigenvalue weighted by atomic mass is 10.1. The van der Waals surface area contributed by atoms with Crippen molar-refractivity contribution >= 4 is 5.78 Å². The molecule has 0 unspecified atom stereocenters. The van der Waals surface area contributed by atoms with Gasteiger partial charge in [0.15, 0.2) is 5.78 Å². The van der Waals surface area contributed by atoms with Gasteiger partial charge in [0, 0.05) is 30.0 Å². The SMILES string of the molecule is Cc1cc(C(=O)CN(C)Cc2ccccc2)c(C)n1Cc1ccc(F)cc1. The van der Waals surface area contributed by atoms with E-state index in [-0.39, 0.29) is 11.6 Å². The Kier molecular flexibility index (Phi) is 5.87. The van der Waals surface area contributed by atoms with Crippen LogP contribution in [0.1, 0.15) is 32.9 Å². The van der Waals surface area contributed by atoms with Gasteiger partial charge in [0.1, 0.15) is 5.82 Å². The third-order valence-corrected chi connectivity index (χ3v) is 4.84. The van der Waals surface area contributed by atoms with Crippen molar-refractivity contribution in [2.75, 3.05) is 13.6 Å². The molecule has 140 valence electrons. The molecule has 3 rings (SSSR count). The van der Waals surface area contributed by atoms with Crippen LogP contribution in [0, 0.1) is 19.7 Å². The van der Waals surface area contributed by atoms with Crippen LogP contribution < -0.4 is 0 Å². The summed E-state index contributed by atoms with van der Waals surface area (Å²) in [6.45, 7) is 5.71. The summed E-state index contributed by atoms with van der Waals surface area (Å²) in [5, 5.41) is 0. The zero-order valence-electron chi connectivity index (χ0n) is 16.1. The third kappa shape index (κ3) is 4.72. The second-order valence-electron chi connectivity index (χ2n) is 7.08. The lowest BCUT2D eigenvalue weighted by Crippen LogP contribution is -2.26. The smallest absolute Gasteiger partial charge is 0.178 e. The van der Waals surface area contributed by atoms with E-state index in [4.69, 9.17) is 0 Å². The summed E-state index contributed by atoms with van der Waals surface area (Å²) in [5.41, 5.74) is 4.95. The molecule has 1 heterocycles. The van der Waals surface area contributed by atoms with Crippen molar-refractivity contribution in [3.05, 3.63) is 94.6 Å². The lowest BCUT2D eigenvalue weighted by Gasteiger charge is -2.16. The van der Waals surface area contributed by atoms with E-state index in [0.717, 1.165) is 29.1 Å². The number of ketones is 1. The fraction of sp³-hybridized carbons (Fsp3) is 0.261. The molecule has 0 N–H and O–H groups in total. The molecule has 27 heavy (non-hydrogen) atoms. The molecule has 2 aromatic carbocycles. The van der Waals surface area contributed by atoms with Crippen molar-refractivity contribution in [2.45, 2.75) is 26.9 Å². The van der Waals surface area contributed by atoms with E-state index in [9.17, 15) is 9.18 Å². The summed E-state index contributed by atoms with van der Waals surface area (Å²) in [4.78, 5) is 14.9. The van der Waals surface area contributed by atoms with Crippen LogP contribution in [0.2, 0.25) is 0 Å². The molecule has 0 aliphatic rings. The van der Waals surface area contributed by atoms with Crippen LogP contribution in [0.3, 0.4) is 0 Å². The average molecular weight is 364 g/mol. The molecule has 0 amide bonds. The molecule has 0 saturated carbocycles. The van der Waals surface area contributed by atoms with Gasteiger partial charge in [0.05, 0.1) is 6.54 Å². The van der Waals surface area contributed by atoms with Crippen LogP contribution in [0.25, 0.3) is 0 Å². The van der Waals surface area contributed by atoms with E-state index >= 15 is 0 Å². The quantitative estimate of drug-likeness (QED) is 0.572. The van der Waals surface area contributed by atoms with Gasteiger partial charge in [-0.1, -0.05) is 42.5 Å². The molecule has 0 fully saturated rings. The van der Waals surface area contributed by atoms with Crippen molar-refractivity contribution in [1.82, 2.24) is 9.47 Å². The third-order valence-electron chi connectivity index (χ3n) is 4.84. The maximum Gasteiger partial charge on any atom is 0.178 e. The van der Waals surface area contributed by atoms with Crippen molar-refractivity contribution in [3.63, 3.8) is 0 Å². The Balaban J connectivity index is 1.71. The van der Waals surface area contributed by atoms with E-state index in [0.29, 0.717) is 13.1 Å². The van der Waals surface area contributed by atoms with Gasteiger partial charge in [0.2, 0.25) is 0 Å². The van der Waals surface area contributed by atoms with Gasteiger partial charge in [-0.2, -0.15) is 0 Å². The Morgan fingerprint density at radius 1 is 1.00 bits per heavy atom. The van der Waals surface area contributed by atoms with Gasteiger partial charge in [-0.25, -0.2) is 4.39 Å². The first-order valence-electron chi connectivity index (χ1n) is 9.11. The number of rotatable bonds is 7. The highest BCUT2D eigenvalue weighted by atomic mass is 19.1. The van der Waals surface area contributed by atoms with Crippen LogP contribution in [0.4, 0.5) is 4.39 Å². The molecule has 3 aromatic rings.